The Hall–Kier alpha value is -1.49. The molecule has 2 heterocycles. The third kappa shape index (κ3) is 3.25. The number of ether oxygens (including phenoxy) is 2. The molecular weight excluding hydrogens is 330 g/mol. The third-order valence-corrected chi connectivity index (χ3v) is 5.32. The minimum Gasteiger partial charge on any atom is -0.493 e. The number of benzene rings is 1. The second kappa shape index (κ2) is 7.39. The molecule has 2 aromatic rings. The molecule has 3 nitrogen and oxygen atoms in total. The standard InChI is InChI=1S/C18H20ClNO2S/c1-21-15-11-13-6-9-20(8-4-7-19)18(17-5-3-10-23-17)14(13)12-16(15)22-2/h3-5,7,10-12,18H,6,8-9H2,1-2H3/b7-4-/t18-/m0/s1. The first-order valence-electron chi connectivity index (χ1n) is 7.56. The van der Waals surface area contributed by atoms with Gasteiger partial charge >= 0.3 is 0 Å². The fourth-order valence-electron chi connectivity index (χ4n) is 3.15. The summed E-state index contributed by atoms with van der Waals surface area (Å²) < 4.78 is 11.0. The van der Waals surface area contributed by atoms with E-state index in [0.717, 1.165) is 31.0 Å². The van der Waals surface area contributed by atoms with Crippen LogP contribution in [0.5, 0.6) is 11.5 Å². The highest BCUT2D eigenvalue weighted by molar-refractivity contribution is 7.10. The van der Waals surface area contributed by atoms with Crippen LogP contribution in [0.4, 0.5) is 0 Å². The van der Waals surface area contributed by atoms with Gasteiger partial charge in [-0.25, -0.2) is 0 Å². The van der Waals surface area contributed by atoms with E-state index in [2.05, 4.69) is 34.5 Å². The van der Waals surface area contributed by atoms with Gasteiger partial charge in [0.25, 0.3) is 0 Å². The van der Waals surface area contributed by atoms with Gasteiger partial charge in [-0.05, 0) is 41.1 Å². The van der Waals surface area contributed by atoms with Gasteiger partial charge in [-0.15, -0.1) is 11.3 Å². The molecule has 0 fully saturated rings. The summed E-state index contributed by atoms with van der Waals surface area (Å²) >= 11 is 7.52. The summed E-state index contributed by atoms with van der Waals surface area (Å²) in [5.74, 6) is 1.58. The van der Waals surface area contributed by atoms with Gasteiger partial charge in [0.15, 0.2) is 11.5 Å². The zero-order valence-electron chi connectivity index (χ0n) is 13.3. The van der Waals surface area contributed by atoms with Crippen molar-refractivity contribution in [2.24, 2.45) is 0 Å². The molecule has 1 atom stereocenters. The van der Waals surface area contributed by atoms with E-state index < -0.39 is 0 Å². The Morgan fingerprint density at radius 2 is 2.09 bits per heavy atom. The largest absolute Gasteiger partial charge is 0.493 e. The average Bonchev–Trinajstić information content (AvgIpc) is 3.12. The van der Waals surface area contributed by atoms with Crippen LogP contribution in [0.3, 0.4) is 0 Å². The van der Waals surface area contributed by atoms with Gasteiger partial charge in [0.05, 0.1) is 20.3 Å². The summed E-state index contributed by atoms with van der Waals surface area (Å²) in [6.07, 6.45) is 2.99. The molecule has 5 heteroatoms. The second-order valence-electron chi connectivity index (χ2n) is 5.43. The van der Waals surface area contributed by atoms with Crippen LogP contribution in [-0.4, -0.2) is 32.2 Å². The molecule has 0 amide bonds. The van der Waals surface area contributed by atoms with Crippen molar-refractivity contribution in [3.63, 3.8) is 0 Å². The normalized spacial score (nSPS) is 18.1. The van der Waals surface area contributed by atoms with E-state index in [1.807, 2.05) is 6.08 Å². The maximum Gasteiger partial charge on any atom is 0.161 e. The quantitative estimate of drug-likeness (QED) is 0.795. The number of halogens is 1. The summed E-state index contributed by atoms with van der Waals surface area (Å²) in [6, 6.07) is 8.76. The fourth-order valence-corrected chi connectivity index (χ4v) is 4.11. The lowest BCUT2D eigenvalue weighted by Gasteiger charge is -2.36. The number of nitrogens with zero attached hydrogens (tertiary/aromatic N) is 1. The highest BCUT2D eigenvalue weighted by Crippen LogP contribution is 2.42. The highest BCUT2D eigenvalue weighted by atomic mass is 35.5. The summed E-state index contributed by atoms with van der Waals surface area (Å²) in [6.45, 7) is 1.83. The van der Waals surface area contributed by atoms with E-state index in [-0.39, 0.29) is 6.04 Å². The minimum atomic E-state index is 0.228. The first-order chi connectivity index (χ1) is 11.3. The molecule has 0 N–H and O–H groups in total. The van der Waals surface area contributed by atoms with Crippen molar-refractivity contribution in [2.75, 3.05) is 27.3 Å². The monoisotopic (exact) mass is 349 g/mol. The van der Waals surface area contributed by atoms with Crippen molar-refractivity contribution in [2.45, 2.75) is 12.5 Å². The van der Waals surface area contributed by atoms with E-state index in [1.165, 1.54) is 16.0 Å². The van der Waals surface area contributed by atoms with Gasteiger partial charge in [-0.1, -0.05) is 23.7 Å². The topological polar surface area (TPSA) is 21.7 Å². The van der Waals surface area contributed by atoms with Gasteiger partial charge in [-0.3, -0.25) is 4.90 Å². The number of rotatable bonds is 5. The third-order valence-electron chi connectivity index (χ3n) is 4.22. The van der Waals surface area contributed by atoms with E-state index in [4.69, 9.17) is 21.1 Å². The van der Waals surface area contributed by atoms with Gasteiger partial charge < -0.3 is 9.47 Å². The molecule has 1 aliphatic rings. The van der Waals surface area contributed by atoms with E-state index in [9.17, 15) is 0 Å². The number of hydrogen-bond acceptors (Lipinski definition) is 4. The van der Waals surface area contributed by atoms with Crippen LogP contribution in [0.15, 0.2) is 41.3 Å². The van der Waals surface area contributed by atoms with Crippen LogP contribution in [0, 0.1) is 0 Å². The lowest BCUT2D eigenvalue weighted by atomic mass is 9.91. The summed E-state index contributed by atoms with van der Waals surface area (Å²) in [5.41, 5.74) is 4.21. The fraction of sp³-hybridized carbons (Fsp3) is 0.333. The van der Waals surface area contributed by atoms with Crippen LogP contribution in [-0.2, 0) is 6.42 Å². The molecule has 0 unspecified atom stereocenters. The molecule has 1 aromatic heterocycles. The van der Waals surface area contributed by atoms with Crippen molar-refractivity contribution in [3.8, 4) is 11.5 Å². The van der Waals surface area contributed by atoms with Gasteiger partial charge in [0.2, 0.25) is 0 Å². The van der Waals surface area contributed by atoms with Crippen molar-refractivity contribution in [3.05, 3.63) is 57.3 Å². The Morgan fingerprint density at radius 3 is 2.74 bits per heavy atom. The summed E-state index contributed by atoms with van der Waals surface area (Å²) in [4.78, 5) is 3.78. The predicted octanol–water partition coefficient (Wildman–Crippen LogP) is 4.47. The Morgan fingerprint density at radius 1 is 1.30 bits per heavy atom. The Balaban J connectivity index is 2.08. The number of fused-ring (bicyclic) bond motifs is 1. The number of methoxy groups -OCH3 is 2. The average molecular weight is 350 g/mol. The maximum atomic E-state index is 5.74. The smallest absolute Gasteiger partial charge is 0.161 e. The zero-order valence-corrected chi connectivity index (χ0v) is 14.9. The molecule has 1 aromatic carbocycles. The highest BCUT2D eigenvalue weighted by Gasteiger charge is 2.30. The van der Waals surface area contributed by atoms with Gasteiger partial charge in [0.1, 0.15) is 0 Å². The van der Waals surface area contributed by atoms with Gasteiger partial charge in [-0.2, -0.15) is 0 Å². The van der Waals surface area contributed by atoms with E-state index in [1.54, 1.807) is 31.1 Å². The van der Waals surface area contributed by atoms with Crippen molar-refractivity contribution in [1.82, 2.24) is 4.90 Å². The first-order valence-corrected chi connectivity index (χ1v) is 8.87. The Labute approximate surface area is 146 Å². The second-order valence-corrected chi connectivity index (χ2v) is 6.66. The molecule has 0 bridgehead atoms. The maximum absolute atomic E-state index is 5.74. The SMILES string of the molecule is COc1cc2c(cc1OC)[C@@H](c1cccs1)N(C/C=C\Cl)CC2. The summed E-state index contributed by atoms with van der Waals surface area (Å²) in [7, 11) is 3.36. The molecule has 122 valence electrons. The lowest BCUT2D eigenvalue weighted by Crippen LogP contribution is -2.35. The number of thiophene rings is 1. The van der Waals surface area contributed by atoms with Crippen molar-refractivity contribution < 1.29 is 9.47 Å². The molecule has 0 saturated heterocycles. The van der Waals surface area contributed by atoms with Crippen LogP contribution >= 0.6 is 22.9 Å². The summed E-state index contributed by atoms with van der Waals surface area (Å²) in [5, 5.41) is 2.12. The number of hydrogen-bond donors (Lipinski definition) is 0. The molecular formula is C18H20ClNO2S. The molecule has 23 heavy (non-hydrogen) atoms. The Kier molecular flexibility index (Phi) is 5.26. The minimum absolute atomic E-state index is 0.228. The van der Waals surface area contributed by atoms with Crippen LogP contribution in [0.2, 0.25) is 0 Å². The van der Waals surface area contributed by atoms with Crippen LogP contribution in [0.25, 0.3) is 0 Å². The zero-order chi connectivity index (χ0) is 16.2. The molecule has 0 saturated carbocycles. The van der Waals surface area contributed by atoms with E-state index >= 15 is 0 Å². The van der Waals surface area contributed by atoms with Gasteiger partial charge in [0, 0.05) is 23.5 Å². The van der Waals surface area contributed by atoms with E-state index in [0.29, 0.717) is 0 Å². The molecule has 3 rings (SSSR count). The first kappa shape index (κ1) is 16.4. The van der Waals surface area contributed by atoms with Crippen LogP contribution in [0.1, 0.15) is 22.0 Å². The Bertz CT molecular complexity index is 685. The molecule has 0 radical (unpaired) electrons. The molecule has 1 aliphatic heterocycles. The van der Waals surface area contributed by atoms with Crippen LogP contribution < -0.4 is 9.47 Å². The van der Waals surface area contributed by atoms with Crippen molar-refractivity contribution >= 4 is 22.9 Å². The lowest BCUT2D eigenvalue weighted by molar-refractivity contribution is 0.238. The predicted molar refractivity (Wildman–Crippen MR) is 96.0 cm³/mol. The molecule has 0 aliphatic carbocycles. The van der Waals surface area contributed by atoms with Crippen molar-refractivity contribution in [1.29, 1.82) is 0 Å². The molecule has 0 spiro atoms.